The molecule has 0 amide bonds. The summed E-state index contributed by atoms with van der Waals surface area (Å²) < 4.78 is 27.7. The predicted octanol–water partition coefficient (Wildman–Crippen LogP) is 1.91. The van der Waals surface area contributed by atoms with Gasteiger partial charge in [-0.3, -0.25) is 0 Å². The topological polar surface area (TPSA) is 61.8 Å². The molecule has 1 saturated carbocycles. The molecule has 0 unspecified atom stereocenters. The molecular weight excluding hydrogens is 240 g/mol. The van der Waals surface area contributed by atoms with Gasteiger partial charge in [-0.1, -0.05) is 5.16 Å². The number of hydrogen-bond donors (Lipinski definition) is 2. The highest BCUT2D eigenvalue weighted by Gasteiger charge is 2.25. The molecule has 0 atom stereocenters. The zero-order chi connectivity index (χ0) is 13.3. The summed E-state index contributed by atoms with van der Waals surface area (Å²) in [4.78, 5) is 1.57. The highest BCUT2D eigenvalue weighted by Crippen LogP contribution is 2.32. The van der Waals surface area contributed by atoms with Crippen LogP contribution in [-0.2, 0) is 0 Å². The lowest BCUT2D eigenvalue weighted by molar-refractivity contribution is 0.318. The van der Waals surface area contributed by atoms with Crippen molar-refractivity contribution in [3.63, 3.8) is 0 Å². The molecule has 4 nitrogen and oxygen atoms in total. The van der Waals surface area contributed by atoms with Crippen LogP contribution in [-0.4, -0.2) is 24.6 Å². The molecule has 18 heavy (non-hydrogen) atoms. The van der Waals surface area contributed by atoms with Gasteiger partial charge in [-0.15, -0.1) is 0 Å². The molecule has 6 heteroatoms. The Morgan fingerprint density at radius 1 is 1.44 bits per heavy atom. The van der Waals surface area contributed by atoms with Crippen LogP contribution in [0.3, 0.4) is 0 Å². The van der Waals surface area contributed by atoms with Gasteiger partial charge in [0.05, 0.1) is 0 Å². The number of amidine groups is 1. The minimum Gasteiger partial charge on any atom is -0.409 e. The van der Waals surface area contributed by atoms with E-state index >= 15 is 0 Å². The standard InChI is InChI=1S/C12H15F2N3O/c1-17(6-7-2-3-7)11-9(13)4-8(5-10(11)14)12(15)16-18/h4-5,7,18H,2-3,6H2,1H3,(H2,15,16). The first-order valence-electron chi connectivity index (χ1n) is 5.71. The van der Waals surface area contributed by atoms with Crippen LogP contribution in [0, 0.1) is 17.6 Å². The molecule has 0 radical (unpaired) electrons. The van der Waals surface area contributed by atoms with Gasteiger partial charge in [0.2, 0.25) is 0 Å². The van der Waals surface area contributed by atoms with Crippen molar-refractivity contribution < 1.29 is 14.0 Å². The van der Waals surface area contributed by atoms with Crippen LogP contribution in [0.25, 0.3) is 0 Å². The van der Waals surface area contributed by atoms with E-state index in [2.05, 4.69) is 5.16 Å². The third-order valence-corrected chi connectivity index (χ3v) is 3.03. The van der Waals surface area contributed by atoms with Crippen LogP contribution in [0.5, 0.6) is 0 Å². The van der Waals surface area contributed by atoms with Crippen molar-refractivity contribution in [3.8, 4) is 0 Å². The zero-order valence-electron chi connectivity index (χ0n) is 10.0. The van der Waals surface area contributed by atoms with Gasteiger partial charge in [0.1, 0.15) is 17.3 Å². The van der Waals surface area contributed by atoms with Crippen molar-refractivity contribution in [3.05, 3.63) is 29.3 Å². The van der Waals surface area contributed by atoms with Crippen LogP contribution in [0.2, 0.25) is 0 Å². The van der Waals surface area contributed by atoms with Crippen LogP contribution < -0.4 is 10.6 Å². The van der Waals surface area contributed by atoms with Gasteiger partial charge in [-0.05, 0) is 30.9 Å². The molecule has 1 aromatic carbocycles. The second kappa shape index (κ2) is 4.80. The van der Waals surface area contributed by atoms with Crippen LogP contribution >= 0.6 is 0 Å². The Kier molecular flexibility index (Phi) is 3.36. The molecule has 0 aromatic heterocycles. The number of oxime groups is 1. The molecule has 1 aliphatic rings. The lowest BCUT2D eigenvalue weighted by Gasteiger charge is -2.20. The number of rotatable bonds is 4. The van der Waals surface area contributed by atoms with Gasteiger partial charge in [0.25, 0.3) is 0 Å². The molecule has 1 aliphatic carbocycles. The minimum absolute atomic E-state index is 0.0241. The summed E-state index contributed by atoms with van der Waals surface area (Å²) in [6, 6.07) is 2.13. The first kappa shape index (κ1) is 12.6. The molecule has 1 fully saturated rings. The number of halogens is 2. The summed E-state index contributed by atoms with van der Waals surface area (Å²) in [7, 11) is 1.66. The third-order valence-electron chi connectivity index (χ3n) is 3.03. The Morgan fingerprint density at radius 3 is 2.44 bits per heavy atom. The van der Waals surface area contributed by atoms with Crippen molar-refractivity contribution in [1.29, 1.82) is 0 Å². The zero-order valence-corrected chi connectivity index (χ0v) is 10.0. The van der Waals surface area contributed by atoms with E-state index in [4.69, 9.17) is 10.9 Å². The summed E-state index contributed by atoms with van der Waals surface area (Å²) in [6.07, 6.45) is 2.21. The van der Waals surface area contributed by atoms with E-state index in [-0.39, 0.29) is 17.1 Å². The van der Waals surface area contributed by atoms with Crippen molar-refractivity contribution in [1.82, 2.24) is 0 Å². The van der Waals surface area contributed by atoms with Crippen LogP contribution in [0.4, 0.5) is 14.5 Å². The number of hydrogen-bond acceptors (Lipinski definition) is 3. The summed E-state index contributed by atoms with van der Waals surface area (Å²) in [5.41, 5.74) is 5.25. The van der Waals surface area contributed by atoms with E-state index in [1.54, 1.807) is 11.9 Å². The Hall–Kier alpha value is -1.85. The monoisotopic (exact) mass is 255 g/mol. The van der Waals surface area contributed by atoms with E-state index < -0.39 is 11.6 Å². The van der Waals surface area contributed by atoms with E-state index in [1.165, 1.54) is 0 Å². The normalized spacial score (nSPS) is 15.8. The maximum absolute atomic E-state index is 13.9. The molecular formula is C12H15F2N3O. The summed E-state index contributed by atoms with van der Waals surface area (Å²) in [5, 5.41) is 11.2. The molecule has 98 valence electrons. The quantitative estimate of drug-likeness (QED) is 0.374. The largest absolute Gasteiger partial charge is 0.409 e. The Balaban J connectivity index is 2.30. The van der Waals surface area contributed by atoms with Gasteiger partial charge in [0.15, 0.2) is 5.84 Å². The average Bonchev–Trinajstić information content (AvgIpc) is 3.10. The maximum atomic E-state index is 13.9. The molecule has 0 saturated heterocycles. The van der Waals surface area contributed by atoms with Gasteiger partial charge in [0, 0.05) is 19.2 Å². The molecule has 3 N–H and O–H groups in total. The highest BCUT2D eigenvalue weighted by molar-refractivity contribution is 5.97. The maximum Gasteiger partial charge on any atom is 0.170 e. The van der Waals surface area contributed by atoms with E-state index in [1.807, 2.05) is 0 Å². The molecule has 1 aromatic rings. The van der Waals surface area contributed by atoms with Crippen molar-refractivity contribution >= 4 is 11.5 Å². The highest BCUT2D eigenvalue weighted by atomic mass is 19.1. The van der Waals surface area contributed by atoms with Crippen molar-refractivity contribution in [2.45, 2.75) is 12.8 Å². The summed E-state index contributed by atoms with van der Waals surface area (Å²) in [6.45, 7) is 0.636. The smallest absolute Gasteiger partial charge is 0.170 e. The Morgan fingerprint density at radius 2 is 2.00 bits per heavy atom. The van der Waals surface area contributed by atoms with Crippen molar-refractivity contribution in [2.24, 2.45) is 16.8 Å². The lowest BCUT2D eigenvalue weighted by atomic mass is 10.1. The summed E-state index contributed by atoms with van der Waals surface area (Å²) in [5.74, 6) is -1.21. The third kappa shape index (κ3) is 2.52. The van der Waals surface area contributed by atoms with E-state index in [9.17, 15) is 8.78 Å². The summed E-state index contributed by atoms with van der Waals surface area (Å²) >= 11 is 0. The first-order valence-corrected chi connectivity index (χ1v) is 5.71. The fourth-order valence-electron chi connectivity index (χ4n) is 1.91. The lowest BCUT2D eigenvalue weighted by Crippen LogP contribution is -2.23. The second-order valence-corrected chi connectivity index (χ2v) is 4.60. The fraction of sp³-hybridized carbons (Fsp3) is 0.417. The molecule has 0 bridgehead atoms. The molecule has 0 heterocycles. The van der Waals surface area contributed by atoms with Gasteiger partial charge in [-0.25, -0.2) is 8.78 Å². The molecule has 0 spiro atoms. The SMILES string of the molecule is CN(CC1CC1)c1c(F)cc(C(N)=NO)cc1F. The van der Waals surface area contributed by atoms with Gasteiger partial charge < -0.3 is 15.8 Å². The number of benzene rings is 1. The Labute approximate surface area is 104 Å². The van der Waals surface area contributed by atoms with Crippen molar-refractivity contribution in [2.75, 3.05) is 18.5 Å². The first-order chi connectivity index (χ1) is 8.52. The van der Waals surface area contributed by atoms with Gasteiger partial charge in [-0.2, -0.15) is 0 Å². The number of nitrogens with zero attached hydrogens (tertiary/aromatic N) is 2. The minimum atomic E-state index is -0.709. The van der Waals surface area contributed by atoms with Crippen LogP contribution in [0.1, 0.15) is 18.4 Å². The van der Waals surface area contributed by atoms with Crippen LogP contribution in [0.15, 0.2) is 17.3 Å². The molecule has 2 rings (SSSR count). The second-order valence-electron chi connectivity index (χ2n) is 4.60. The predicted molar refractivity (Wildman–Crippen MR) is 64.9 cm³/mol. The number of nitrogens with two attached hydrogens (primary N) is 1. The average molecular weight is 255 g/mol. The number of anilines is 1. The fourth-order valence-corrected chi connectivity index (χ4v) is 1.91. The van der Waals surface area contributed by atoms with E-state index in [0.717, 1.165) is 25.0 Å². The van der Waals surface area contributed by atoms with Gasteiger partial charge >= 0.3 is 0 Å². The van der Waals surface area contributed by atoms with E-state index in [0.29, 0.717) is 12.5 Å². The molecule has 0 aliphatic heterocycles. The Bertz CT molecular complexity index is 463.